The lowest BCUT2D eigenvalue weighted by molar-refractivity contribution is 0.0956. The van der Waals surface area contributed by atoms with E-state index in [1.807, 2.05) is 19.1 Å². The van der Waals surface area contributed by atoms with Crippen molar-refractivity contribution in [3.05, 3.63) is 51.7 Å². The molecule has 0 radical (unpaired) electrons. The van der Waals surface area contributed by atoms with Crippen LogP contribution in [0, 0.1) is 6.92 Å². The molecule has 0 aliphatic carbocycles. The maximum Gasteiger partial charge on any atom is 0.261 e. The van der Waals surface area contributed by atoms with E-state index in [-0.39, 0.29) is 5.91 Å². The van der Waals surface area contributed by atoms with E-state index >= 15 is 0 Å². The number of benzene rings is 1. The van der Waals surface area contributed by atoms with Gasteiger partial charge in [-0.05, 0) is 62.9 Å². The van der Waals surface area contributed by atoms with Gasteiger partial charge in [0.05, 0.1) is 4.88 Å². The fourth-order valence-electron chi connectivity index (χ4n) is 4.32. The van der Waals surface area contributed by atoms with Crippen molar-refractivity contribution in [1.29, 1.82) is 0 Å². The number of fused-ring (bicyclic) bond motifs is 3. The SMILES string of the molecule is Cc1ccc(C(=O)NCCCCN2CCN3c4ccccc4CCC3C2)s1. The number of carbonyl (C=O) groups is 1. The molecule has 144 valence electrons. The third kappa shape index (κ3) is 4.36. The van der Waals surface area contributed by atoms with Crippen molar-refractivity contribution < 1.29 is 4.79 Å². The molecule has 3 heterocycles. The molecule has 5 heteroatoms. The number of carbonyl (C=O) groups excluding carboxylic acids is 1. The molecule has 1 saturated heterocycles. The van der Waals surface area contributed by atoms with Crippen molar-refractivity contribution in [2.45, 2.75) is 38.6 Å². The summed E-state index contributed by atoms with van der Waals surface area (Å²) in [5.41, 5.74) is 2.97. The molecular formula is C22H29N3OS. The van der Waals surface area contributed by atoms with Crippen LogP contribution < -0.4 is 10.2 Å². The van der Waals surface area contributed by atoms with Crippen molar-refractivity contribution in [2.24, 2.45) is 0 Å². The van der Waals surface area contributed by atoms with Crippen LogP contribution in [0.15, 0.2) is 36.4 Å². The summed E-state index contributed by atoms with van der Waals surface area (Å²) in [5, 5.41) is 3.05. The lowest BCUT2D eigenvalue weighted by Crippen LogP contribution is -2.55. The van der Waals surface area contributed by atoms with Crippen molar-refractivity contribution in [1.82, 2.24) is 10.2 Å². The molecule has 2 aliphatic heterocycles. The highest BCUT2D eigenvalue weighted by atomic mass is 32.1. The van der Waals surface area contributed by atoms with Crippen LogP contribution in [0.25, 0.3) is 0 Å². The van der Waals surface area contributed by atoms with Gasteiger partial charge in [0.1, 0.15) is 0 Å². The highest BCUT2D eigenvalue weighted by Gasteiger charge is 2.30. The van der Waals surface area contributed by atoms with Crippen molar-refractivity contribution in [3.63, 3.8) is 0 Å². The second kappa shape index (κ2) is 8.44. The Morgan fingerprint density at radius 2 is 2.07 bits per heavy atom. The lowest BCUT2D eigenvalue weighted by atomic mass is 9.94. The molecule has 0 bridgehead atoms. The van der Waals surface area contributed by atoms with Gasteiger partial charge >= 0.3 is 0 Å². The van der Waals surface area contributed by atoms with Crippen LogP contribution in [-0.2, 0) is 6.42 Å². The van der Waals surface area contributed by atoms with Gasteiger partial charge in [-0.1, -0.05) is 18.2 Å². The van der Waals surface area contributed by atoms with E-state index in [1.54, 1.807) is 11.3 Å². The number of anilines is 1. The summed E-state index contributed by atoms with van der Waals surface area (Å²) in [5.74, 6) is 0.0718. The second-order valence-electron chi connectivity index (χ2n) is 7.69. The number of hydrogen-bond donors (Lipinski definition) is 1. The number of aryl methyl sites for hydroxylation is 2. The van der Waals surface area contributed by atoms with Gasteiger partial charge < -0.3 is 10.2 Å². The molecule has 1 amide bonds. The largest absolute Gasteiger partial charge is 0.366 e. The van der Waals surface area contributed by atoms with Gasteiger partial charge in [-0.3, -0.25) is 9.69 Å². The lowest BCUT2D eigenvalue weighted by Gasteiger charge is -2.46. The van der Waals surface area contributed by atoms with Crippen LogP contribution in [0.1, 0.15) is 39.4 Å². The number of nitrogens with zero attached hydrogens (tertiary/aromatic N) is 2. The first-order chi connectivity index (χ1) is 13.2. The zero-order chi connectivity index (χ0) is 18.6. The standard InChI is InChI=1S/C22H29N3OS/c1-17-8-11-21(27-17)22(26)23-12-4-5-13-24-14-15-25-19(16-24)10-9-18-6-2-3-7-20(18)25/h2-3,6-8,11,19H,4-5,9-10,12-16H2,1H3,(H,23,26). The topological polar surface area (TPSA) is 35.6 Å². The van der Waals surface area contributed by atoms with E-state index in [0.717, 1.165) is 43.9 Å². The summed E-state index contributed by atoms with van der Waals surface area (Å²) < 4.78 is 0. The van der Waals surface area contributed by atoms with E-state index in [2.05, 4.69) is 39.4 Å². The van der Waals surface area contributed by atoms with Gasteiger partial charge in [-0.2, -0.15) is 0 Å². The Morgan fingerprint density at radius 3 is 2.93 bits per heavy atom. The third-order valence-electron chi connectivity index (χ3n) is 5.77. The van der Waals surface area contributed by atoms with E-state index < -0.39 is 0 Å². The summed E-state index contributed by atoms with van der Waals surface area (Å²) in [6, 6.07) is 13.5. The minimum absolute atomic E-state index is 0.0718. The van der Waals surface area contributed by atoms with Crippen LogP contribution in [0.5, 0.6) is 0 Å². The minimum Gasteiger partial charge on any atom is -0.366 e. The van der Waals surface area contributed by atoms with Crippen LogP contribution in [0.2, 0.25) is 0 Å². The van der Waals surface area contributed by atoms with E-state index in [9.17, 15) is 4.79 Å². The zero-order valence-electron chi connectivity index (χ0n) is 16.1. The molecule has 0 saturated carbocycles. The highest BCUT2D eigenvalue weighted by Crippen LogP contribution is 2.32. The number of thiophene rings is 1. The smallest absolute Gasteiger partial charge is 0.261 e. The predicted octanol–water partition coefficient (Wildman–Crippen LogP) is 3.70. The zero-order valence-corrected chi connectivity index (χ0v) is 16.9. The summed E-state index contributed by atoms with van der Waals surface area (Å²) in [6.45, 7) is 7.40. The maximum absolute atomic E-state index is 12.1. The Hall–Kier alpha value is -1.85. The van der Waals surface area contributed by atoms with Crippen LogP contribution in [-0.4, -0.2) is 49.6 Å². The molecular weight excluding hydrogens is 354 g/mol. The fraction of sp³-hybridized carbons (Fsp3) is 0.500. The first-order valence-corrected chi connectivity index (χ1v) is 10.9. The molecule has 0 spiro atoms. The predicted molar refractivity (Wildman–Crippen MR) is 113 cm³/mol. The summed E-state index contributed by atoms with van der Waals surface area (Å²) in [7, 11) is 0. The summed E-state index contributed by atoms with van der Waals surface area (Å²) in [4.78, 5) is 19.3. The van der Waals surface area contributed by atoms with Crippen LogP contribution in [0.4, 0.5) is 5.69 Å². The van der Waals surface area contributed by atoms with Crippen molar-refractivity contribution in [3.8, 4) is 0 Å². The number of para-hydroxylation sites is 1. The monoisotopic (exact) mass is 383 g/mol. The van der Waals surface area contributed by atoms with Crippen LogP contribution in [0.3, 0.4) is 0 Å². The van der Waals surface area contributed by atoms with Gasteiger partial charge in [-0.15, -0.1) is 11.3 Å². The number of rotatable bonds is 6. The van der Waals surface area contributed by atoms with Gasteiger partial charge in [0.15, 0.2) is 0 Å². The molecule has 2 aromatic rings. The molecule has 1 unspecified atom stereocenters. The molecule has 1 atom stereocenters. The Morgan fingerprint density at radius 1 is 1.19 bits per heavy atom. The molecule has 1 aromatic heterocycles. The fourth-order valence-corrected chi connectivity index (χ4v) is 5.10. The summed E-state index contributed by atoms with van der Waals surface area (Å²) in [6.07, 6.45) is 4.67. The normalized spacial score (nSPS) is 19.4. The van der Waals surface area contributed by atoms with E-state index in [4.69, 9.17) is 0 Å². The molecule has 1 N–H and O–H groups in total. The maximum atomic E-state index is 12.1. The van der Waals surface area contributed by atoms with Crippen molar-refractivity contribution >= 4 is 22.9 Å². The number of unbranched alkanes of at least 4 members (excludes halogenated alkanes) is 1. The highest BCUT2D eigenvalue weighted by molar-refractivity contribution is 7.13. The summed E-state index contributed by atoms with van der Waals surface area (Å²) >= 11 is 1.56. The van der Waals surface area contributed by atoms with Gasteiger partial charge in [-0.25, -0.2) is 0 Å². The minimum atomic E-state index is 0.0718. The van der Waals surface area contributed by atoms with E-state index in [0.29, 0.717) is 6.04 Å². The Kier molecular flexibility index (Phi) is 5.79. The molecule has 27 heavy (non-hydrogen) atoms. The first kappa shape index (κ1) is 18.5. The van der Waals surface area contributed by atoms with Gasteiger partial charge in [0, 0.05) is 42.8 Å². The number of hydrogen-bond acceptors (Lipinski definition) is 4. The Labute approximate surface area is 166 Å². The molecule has 4 nitrogen and oxygen atoms in total. The van der Waals surface area contributed by atoms with E-state index in [1.165, 1.54) is 35.5 Å². The van der Waals surface area contributed by atoms with Crippen LogP contribution >= 0.6 is 11.3 Å². The van der Waals surface area contributed by atoms with Gasteiger partial charge in [0.25, 0.3) is 5.91 Å². The third-order valence-corrected chi connectivity index (χ3v) is 6.77. The first-order valence-electron chi connectivity index (χ1n) is 10.1. The molecule has 1 aromatic carbocycles. The average Bonchev–Trinajstić information content (AvgIpc) is 3.14. The number of piperazine rings is 1. The molecule has 1 fully saturated rings. The number of amides is 1. The molecule has 2 aliphatic rings. The average molecular weight is 384 g/mol. The Bertz CT molecular complexity index is 787. The second-order valence-corrected chi connectivity index (χ2v) is 8.98. The molecule has 4 rings (SSSR count). The quantitative estimate of drug-likeness (QED) is 0.773. The van der Waals surface area contributed by atoms with Gasteiger partial charge in [0.2, 0.25) is 0 Å². The van der Waals surface area contributed by atoms with Crippen molar-refractivity contribution in [2.75, 3.05) is 37.6 Å². The Balaban J connectivity index is 1.17. The number of nitrogens with one attached hydrogen (secondary N) is 1.